The molecule has 5 rings (SSSR count). The Morgan fingerprint density at radius 1 is 1.10 bits per heavy atom. The predicted octanol–water partition coefficient (Wildman–Crippen LogP) is 3.76. The number of nitrogens with zero attached hydrogens (tertiary/aromatic N) is 1. The lowest BCUT2D eigenvalue weighted by Crippen LogP contribution is -2.55. The van der Waals surface area contributed by atoms with E-state index in [0.717, 1.165) is 25.2 Å². The quantitative estimate of drug-likeness (QED) is 0.871. The second kappa shape index (κ2) is 4.42. The number of hydrogen-bond donors (Lipinski definition) is 1. The topological polar surface area (TPSA) is 32.6 Å². The molecule has 4 saturated carbocycles. The van der Waals surface area contributed by atoms with Crippen molar-refractivity contribution in [2.75, 3.05) is 0 Å². The van der Waals surface area contributed by atoms with Crippen molar-refractivity contribution in [1.29, 1.82) is 0 Å². The molecule has 0 aliphatic heterocycles. The highest BCUT2D eigenvalue weighted by Crippen LogP contribution is 2.54. The average molecular weight is 269 g/mol. The smallest absolute Gasteiger partial charge is 0.0720 e. The summed E-state index contributed by atoms with van der Waals surface area (Å²) < 4.78 is 0. The van der Waals surface area contributed by atoms with E-state index in [4.69, 9.17) is 4.99 Å². The third-order valence-electron chi connectivity index (χ3n) is 5.62. The van der Waals surface area contributed by atoms with Crippen LogP contribution in [-0.2, 0) is 0 Å². The van der Waals surface area contributed by atoms with E-state index >= 15 is 0 Å². The van der Waals surface area contributed by atoms with Gasteiger partial charge in [0.25, 0.3) is 0 Å². The van der Waals surface area contributed by atoms with Crippen LogP contribution in [0.4, 0.5) is 0 Å². The molecular weight excluding hydrogens is 246 g/mol. The van der Waals surface area contributed by atoms with Crippen LogP contribution in [0.5, 0.6) is 0 Å². The SMILES string of the molecule is C[C@H](N=C1C2CC3CC1CC(O)(C3)C2)c1ccccc1. The summed E-state index contributed by atoms with van der Waals surface area (Å²) in [7, 11) is 0. The van der Waals surface area contributed by atoms with Gasteiger partial charge in [-0.15, -0.1) is 0 Å². The van der Waals surface area contributed by atoms with Crippen LogP contribution >= 0.6 is 0 Å². The van der Waals surface area contributed by atoms with Gasteiger partial charge in [-0.1, -0.05) is 30.3 Å². The van der Waals surface area contributed by atoms with Crippen molar-refractivity contribution in [3.05, 3.63) is 35.9 Å². The molecule has 2 nitrogen and oxygen atoms in total. The summed E-state index contributed by atoms with van der Waals surface area (Å²) in [6.45, 7) is 2.20. The Labute approximate surface area is 120 Å². The van der Waals surface area contributed by atoms with Crippen molar-refractivity contribution >= 4 is 5.71 Å². The summed E-state index contributed by atoms with van der Waals surface area (Å²) in [6, 6.07) is 10.8. The highest BCUT2D eigenvalue weighted by Gasteiger charge is 2.53. The highest BCUT2D eigenvalue weighted by molar-refractivity contribution is 5.91. The van der Waals surface area contributed by atoms with Crippen molar-refractivity contribution < 1.29 is 5.11 Å². The van der Waals surface area contributed by atoms with E-state index in [0.29, 0.717) is 11.8 Å². The first-order valence-corrected chi connectivity index (χ1v) is 7.98. The van der Waals surface area contributed by atoms with Gasteiger partial charge in [0.1, 0.15) is 0 Å². The van der Waals surface area contributed by atoms with Crippen molar-refractivity contribution in [3.8, 4) is 0 Å². The highest BCUT2D eigenvalue weighted by atomic mass is 16.3. The first-order valence-electron chi connectivity index (χ1n) is 7.98. The van der Waals surface area contributed by atoms with Gasteiger partial charge < -0.3 is 5.11 Å². The lowest BCUT2D eigenvalue weighted by molar-refractivity contribution is -0.0825. The maximum atomic E-state index is 10.6. The Bertz CT molecular complexity index is 518. The summed E-state index contributed by atoms with van der Waals surface area (Å²) in [6.07, 6.45) is 5.49. The molecule has 20 heavy (non-hydrogen) atoms. The van der Waals surface area contributed by atoms with Crippen molar-refractivity contribution in [2.45, 2.75) is 50.7 Å². The number of hydrogen-bond acceptors (Lipinski definition) is 2. The summed E-state index contributed by atoms with van der Waals surface area (Å²) in [4.78, 5) is 5.08. The molecule has 0 saturated heterocycles. The van der Waals surface area contributed by atoms with Crippen molar-refractivity contribution in [2.24, 2.45) is 22.7 Å². The largest absolute Gasteiger partial charge is 0.390 e. The summed E-state index contributed by atoms with van der Waals surface area (Å²) in [5.74, 6) is 1.86. The summed E-state index contributed by atoms with van der Waals surface area (Å²) in [5, 5.41) is 10.6. The van der Waals surface area contributed by atoms with E-state index < -0.39 is 0 Å². The monoisotopic (exact) mass is 269 g/mol. The normalized spacial score (nSPS) is 39.9. The fraction of sp³-hybridized carbons (Fsp3) is 0.611. The molecule has 0 spiro atoms. The molecule has 1 N–H and O–H groups in total. The van der Waals surface area contributed by atoms with Crippen molar-refractivity contribution in [3.63, 3.8) is 0 Å². The second-order valence-corrected chi connectivity index (χ2v) is 7.21. The van der Waals surface area contributed by atoms with Crippen LogP contribution in [0.25, 0.3) is 0 Å². The maximum Gasteiger partial charge on any atom is 0.0720 e. The van der Waals surface area contributed by atoms with Crippen LogP contribution in [0, 0.1) is 17.8 Å². The molecule has 2 unspecified atom stereocenters. The van der Waals surface area contributed by atoms with E-state index in [1.807, 2.05) is 0 Å². The van der Waals surface area contributed by atoms with Gasteiger partial charge in [-0.25, -0.2) is 0 Å². The first kappa shape index (κ1) is 12.6. The number of benzene rings is 1. The van der Waals surface area contributed by atoms with E-state index in [-0.39, 0.29) is 11.6 Å². The first-order chi connectivity index (χ1) is 9.63. The molecule has 0 heterocycles. The molecule has 0 aromatic heterocycles. The van der Waals surface area contributed by atoms with Crippen LogP contribution < -0.4 is 0 Å². The lowest BCUT2D eigenvalue weighted by Gasteiger charge is -2.55. The van der Waals surface area contributed by atoms with Crippen LogP contribution in [-0.4, -0.2) is 16.4 Å². The Hall–Kier alpha value is -1.15. The molecular formula is C18H23NO. The van der Waals surface area contributed by atoms with Gasteiger partial charge >= 0.3 is 0 Å². The van der Waals surface area contributed by atoms with Gasteiger partial charge in [0.15, 0.2) is 0 Å². The zero-order chi connectivity index (χ0) is 13.7. The zero-order valence-electron chi connectivity index (χ0n) is 12.1. The van der Waals surface area contributed by atoms with Gasteiger partial charge in [0.2, 0.25) is 0 Å². The van der Waals surface area contributed by atoms with Crippen molar-refractivity contribution in [1.82, 2.24) is 0 Å². The molecule has 0 amide bonds. The van der Waals surface area contributed by atoms with Gasteiger partial charge in [0.05, 0.1) is 11.6 Å². The van der Waals surface area contributed by atoms with E-state index in [2.05, 4.69) is 37.3 Å². The standard InChI is InChI=1S/C18H23NO/c1-12(14-5-3-2-4-6-14)19-17-15-7-13-8-16(17)11-18(20,9-13)10-15/h2-6,12-13,15-16,20H,7-11H2,1H3/t12-,13?,15?,16?,18?/m0/s1. The molecule has 4 bridgehead atoms. The predicted molar refractivity (Wildman–Crippen MR) is 80.8 cm³/mol. The molecule has 1 aromatic rings. The minimum Gasteiger partial charge on any atom is -0.390 e. The zero-order valence-corrected chi connectivity index (χ0v) is 12.1. The van der Waals surface area contributed by atoms with E-state index in [1.54, 1.807) is 0 Å². The third-order valence-corrected chi connectivity index (χ3v) is 5.62. The van der Waals surface area contributed by atoms with E-state index in [1.165, 1.54) is 24.1 Å². The molecule has 0 radical (unpaired) electrons. The minimum absolute atomic E-state index is 0.248. The Morgan fingerprint density at radius 2 is 1.75 bits per heavy atom. The maximum absolute atomic E-state index is 10.6. The van der Waals surface area contributed by atoms with Crippen LogP contribution in [0.2, 0.25) is 0 Å². The Balaban J connectivity index is 1.62. The van der Waals surface area contributed by atoms with E-state index in [9.17, 15) is 5.11 Å². The van der Waals surface area contributed by atoms with Gasteiger partial charge in [-0.05, 0) is 50.5 Å². The Kier molecular flexibility index (Phi) is 2.78. The molecule has 3 atom stereocenters. The number of aliphatic hydroxyl groups is 1. The molecule has 4 fully saturated rings. The second-order valence-electron chi connectivity index (χ2n) is 7.21. The fourth-order valence-electron chi connectivity index (χ4n) is 4.96. The van der Waals surface area contributed by atoms with Gasteiger partial charge in [-0.3, -0.25) is 4.99 Å². The number of rotatable bonds is 2. The van der Waals surface area contributed by atoms with Crippen LogP contribution in [0.15, 0.2) is 35.3 Å². The third kappa shape index (κ3) is 2.01. The molecule has 2 heteroatoms. The summed E-state index contributed by atoms with van der Waals surface area (Å²) in [5.41, 5.74) is 2.36. The number of aliphatic imine (C=N–C) groups is 1. The summed E-state index contributed by atoms with van der Waals surface area (Å²) >= 11 is 0. The average Bonchev–Trinajstić information content (AvgIpc) is 2.42. The minimum atomic E-state index is -0.356. The molecule has 4 aliphatic rings. The van der Waals surface area contributed by atoms with Gasteiger partial charge in [0, 0.05) is 17.5 Å². The molecule has 106 valence electrons. The van der Waals surface area contributed by atoms with Crippen LogP contribution in [0.3, 0.4) is 0 Å². The fourth-order valence-corrected chi connectivity index (χ4v) is 4.96. The molecule has 4 aliphatic carbocycles. The lowest BCUT2D eigenvalue weighted by atomic mass is 9.53. The van der Waals surface area contributed by atoms with Gasteiger partial charge in [-0.2, -0.15) is 0 Å². The van der Waals surface area contributed by atoms with Crippen LogP contribution in [0.1, 0.15) is 50.6 Å². The molecule has 1 aromatic carbocycles. The Morgan fingerprint density at radius 3 is 2.35 bits per heavy atom.